The van der Waals surface area contributed by atoms with E-state index in [9.17, 15) is 14.7 Å². The number of aliphatic hydroxyl groups is 1. The maximum Gasteiger partial charge on any atom is 0.234 e. The Kier molecular flexibility index (Phi) is 8.39. The molecule has 8 nitrogen and oxygen atoms in total. The van der Waals surface area contributed by atoms with Crippen LogP contribution >= 0.6 is 0 Å². The van der Waals surface area contributed by atoms with E-state index in [0.29, 0.717) is 13.2 Å². The minimum Gasteiger partial charge on any atom is -0.394 e. The first-order valence-corrected chi connectivity index (χ1v) is 10.4. The number of morpholine rings is 1. The molecule has 1 saturated heterocycles. The van der Waals surface area contributed by atoms with E-state index >= 15 is 0 Å². The van der Waals surface area contributed by atoms with Gasteiger partial charge in [0.15, 0.2) is 0 Å². The number of benzene rings is 1. The van der Waals surface area contributed by atoms with Crippen LogP contribution in [0.2, 0.25) is 0 Å². The summed E-state index contributed by atoms with van der Waals surface area (Å²) in [4.78, 5) is 26.8. The number of carbonyl (C=O) groups is 2. The highest BCUT2D eigenvalue weighted by atomic mass is 16.5. The second kappa shape index (κ2) is 11.2. The van der Waals surface area contributed by atoms with E-state index in [0.717, 1.165) is 18.7 Å². The Balaban J connectivity index is 1.47. The molecule has 0 radical (unpaired) electrons. The molecule has 1 fully saturated rings. The molecule has 2 aliphatic heterocycles. The van der Waals surface area contributed by atoms with Crippen LogP contribution in [0, 0.1) is 0 Å². The lowest BCUT2D eigenvalue weighted by Crippen LogP contribution is -2.52. The zero-order valence-electron chi connectivity index (χ0n) is 17.3. The zero-order chi connectivity index (χ0) is 21.3. The quantitative estimate of drug-likeness (QED) is 0.529. The van der Waals surface area contributed by atoms with Crippen molar-refractivity contribution in [2.75, 3.05) is 39.5 Å². The second-order valence-electron chi connectivity index (χ2n) is 7.67. The van der Waals surface area contributed by atoms with Gasteiger partial charge in [0.05, 0.1) is 51.0 Å². The zero-order valence-corrected chi connectivity index (χ0v) is 17.3. The Morgan fingerprint density at radius 1 is 1.17 bits per heavy atom. The standard InChI is InChI=1S/C22H31N3O5/c1-16(17-5-3-2-4-6-17)23-21(27)13-18-7-8-19(20(15-26)30-18)24-22(28)14-25-9-11-29-12-10-25/h2-8,16,18-20,26H,9-15H2,1H3,(H,23,27)(H,24,28)/t16-,18-,19+,20+/m0/s1. The fraction of sp³-hybridized carbons (Fsp3) is 0.545. The molecular formula is C22H31N3O5. The Bertz CT molecular complexity index is 721. The van der Waals surface area contributed by atoms with E-state index in [4.69, 9.17) is 9.47 Å². The van der Waals surface area contributed by atoms with E-state index in [2.05, 4.69) is 10.6 Å². The topological polar surface area (TPSA) is 100 Å². The van der Waals surface area contributed by atoms with E-state index in [1.54, 1.807) is 12.2 Å². The van der Waals surface area contributed by atoms with E-state index < -0.39 is 18.2 Å². The summed E-state index contributed by atoms with van der Waals surface area (Å²) in [5.74, 6) is -0.256. The number of hydrogen-bond acceptors (Lipinski definition) is 6. The van der Waals surface area contributed by atoms with Crippen LogP contribution < -0.4 is 10.6 Å². The van der Waals surface area contributed by atoms with E-state index in [1.165, 1.54) is 0 Å². The summed E-state index contributed by atoms with van der Waals surface area (Å²) in [5, 5.41) is 15.6. The number of rotatable bonds is 8. The summed E-state index contributed by atoms with van der Waals surface area (Å²) >= 11 is 0. The highest BCUT2D eigenvalue weighted by Gasteiger charge is 2.29. The first-order valence-electron chi connectivity index (χ1n) is 10.4. The predicted octanol–water partition coefficient (Wildman–Crippen LogP) is 0.387. The van der Waals surface area contributed by atoms with Gasteiger partial charge in [-0.05, 0) is 12.5 Å². The van der Waals surface area contributed by atoms with Crippen molar-refractivity contribution in [3.05, 3.63) is 48.0 Å². The van der Waals surface area contributed by atoms with Crippen molar-refractivity contribution < 1.29 is 24.2 Å². The molecule has 0 aromatic heterocycles. The molecule has 0 saturated carbocycles. The average molecular weight is 418 g/mol. The van der Waals surface area contributed by atoms with Crippen molar-refractivity contribution >= 4 is 11.8 Å². The van der Waals surface area contributed by atoms with Crippen LogP contribution in [0.1, 0.15) is 24.9 Å². The Labute approximate surface area is 177 Å². The molecule has 164 valence electrons. The van der Waals surface area contributed by atoms with Crippen molar-refractivity contribution in [2.45, 2.75) is 37.6 Å². The molecule has 2 heterocycles. The molecule has 2 aliphatic rings. The number of nitrogens with one attached hydrogen (secondary N) is 2. The Hall–Kier alpha value is -2.26. The number of ether oxygens (including phenoxy) is 2. The van der Waals surface area contributed by atoms with Crippen molar-refractivity contribution in [1.82, 2.24) is 15.5 Å². The van der Waals surface area contributed by atoms with Crippen molar-refractivity contribution in [3.8, 4) is 0 Å². The van der Waals surface area contributed by atoms with E-state index in [-0.39, 0.29) is 37.4 Å². The van der Waals surface area contributed by atoms with Crippen molar-refractivity contribution in [1.29, 1.82) is 0 Å². The average Bonchev–Trinajstić information content (AvgIpc) is 2.76. The normalized spacial score (nSPS) is 25.5. The van der Waals surface area contributed by atoms with Crippen molar-refractivity contribution in [3.63, 3.8) is 0 Å². The molecule has 3 rings (SSSR count). The molecule has 30 heavy (non-hydrogen) atoms. The highest BCUT2D eigenvalue weighted by molar-refractivity contribution is 5.79. The number of amides is 2. The lowest BCUT2D eigenvalue weighted by molar-refractivity contribution is -0.129. The smallest absolute Gasteiger partial charge is 0.234 e. The third kappa shape index (κ3) is 6.63. The second-order valence-corrected chi connectivity index (χ2v) is 7.67. The van der Waals surface area contributed by atoms with Crippen LogP contribution in [0.5, 0.6) is 0 Å². The van der Waals surface area contributed by atoms with Gasteiger partial charge in [-0.3, -0.25) is 14.5 Å². The summed E-state index contributed by atoms with van der Waals surface area (Å²) in [5.41, 5.74) is 1.03. The molecule has 3 N–H and O–H groups in total. The molecule has 0 spiro atoms. The van der Waals surface area contributed by atoms with Crippen LogP contribution in [-0.2, 0) is 19.1 Å². The van der Waals surface area contributed by atoms with Crippen LogP contribution in [0.4, 0.5) is 0 Å². The first-order chi connectivity index (χ1) is 14.5. The summed E-state index contributed by atoms with van der Waals surface area (Å²) < 4.78 is 11.1. The van der Waals surface area contributed by atoms with Gasteiger partial charge in [-0.15, -0.1) is 0 Å². The van der Waals surface area contributed by atoms with Gasteiger partial charge in [0, 0.05) is 13.1 Å². The summed E-state index contributed by atoms with van der Waals surface area (Å²) in [6.07, 6.45) is 2.70. The molecule has 8 heteroatoms. The lowest BCUT2D eigenvalue weighted by atomic mass is 10.0. The van der Waals surface area contributed by atoms with E-state index in [1.807, 2.05) is 42.2 Å². The van der Waals surface area contributed by atoms with Gasteiger partial charge in [-0.25, -0.2) is 0 Å². The molecule has 4 atom stereocenters. The SMILES string of the molecule is C[C@H](NC(=O)C[C@@H]1C=C[C@@H](NC(=O)CN2CCOCC2)[C@@H](CO)O1)c1ccccc1. The molecule has 0 unspecified atom stereocenters. The van der Waals surface area contributed by atoms with Gasteiger partial charge in [-0.1, -0.05) is 42.5 Å². The number of carbonyl (C=O) groups excluding carboxylic acids is 2. The fourth-order valence-electron chi connectivity index (χ4n) is 3.64. The summed E-state index contributed by atoms with van der Waals surface area (Å²) in [7, 11) is 0. The minimum atomic E-state index is -0.590. The summed E-state index contributed by atoms with van der Waals surface area (Å²) in [6.45, 7) is 4.69. The van der Waals surface area contributed by atoms with Crippen molar-refractivity contribution in [2.24, 2.45) is 0 Å². The molecule has 1 aromatic carbocycles. The highest BCUT2D eigenvalue weighted by Crippen LogP contribution is 2.17. The Morgan fingerprint density at radius 2 is 1.90 bits per heavy atom. The Morgan fingerprint density at radius 3 is 2.60 bits per heavy atom. The minimum absolute atomic E-state index is 0.105. The van der Waals surface area contributed by atoms with Crippen LogP contribution in [0.15, 0.2) is 42.5 Å². The number of hydrogen-bond donors (Lipinski definition) is 3. The monoisotopic (exact) mass is 417 g/mol. The van der Waals surface area contributed by atoms with Gasteiger partial charge >= 0.3 is 0 Å². The van der Waals surface area contributed by atoms with Gasteiger partial charge in [0.2, 0.25) is 11.8 Å². The van der Waals surface area contributed by atoms with Gasteiger partial charge in [0.1, 0.15) is 6.10 Å². The molecule has 0 bridgehead atoms. The predicted molar refractivity (Wildman–Crippen MR) is 112 cm³/mol. The van der Waals surface area contributed by atoms with Gasteiger partial charge < -0.3 is 25.2 Å². The third-order valence-electron chi connectivity index (χ3n) is 5.33. The van der Waals surface area contributed by atoms with Gasteiger partial charge in [-0.2, -0.15) is 0 Å². The maximum atomic E-state index is 12.4. The summed E-state index contributed by atoms with van der Waals surface area (Å²) in [6, 6.07) is 9.21. The number of nitrogens with zero attached hydrogens (tertiary/aromatic N) is 1. The number of aliphatic hydroxyl groups excluding tert-OH is 1. The molecule has 1 aromatic rings. The lowest BCUT2D eigenvalue weighted by Gasteiger charge is -2.33. The fourth-order valence-corrected chi connectivity index (χ4v) is 3.64. The molecule has 0 aliphatic carbocycles. The van der Waals surface area contributed by atoms with Crippen LogP contribution in [0.3, 0.4) is 0 Å². The largest absolute Gasteiger partial charge is 0.394 e. The first kappa shape index (κ1) is 22.4. The molecule has 2 amide bonds. The molecular weight excluding hydrogens is 386 g/mol. The van der Waals surface area contributed by atoms with Crippen LogP contribution in [-0.4, -0.2) is 79.5 Å². The van der Waals surface area contributed by atoms with Crippen LogP contribution in [0.25, 0.3) is 0 Å². The third-order valence-corrected chi connectivity index (χ3v) is 5.33. The maximum absolute atomic E-state index is 12.4. The van der Waals surface area contributed by atoms with Gasteiger partial charge in [0.25, 0.3) is 0 Å².